The zero-order valence-electron chi connectivity index (χ0n) is 22.1. The summed E-state index contributed by atoms with van der Waals surface area (Å²) in [7, 11) is -0.533. The van der Waals surface area contributed by atoms with Gasteiger partial charge in [-0.25, -0.2) is 0 Å². The average molecular weight is 498 g/mol. The fraction of sp³-hybridized carbons (Fsp3) is 0.194. The molecule has 0 spiro atoms. The van der Waals surface area contributed by atoms with Crippen LogP contribution in [0.4, 0.5) is 0 Å². The number of rotatable bonds is 7. The van der Waals surface area contributed by atoms with Crippen molar-refractivity contribution in [2.75, 3.05) is 6.66 Å². The molecule has 5 aromatic carbocycles. The molecular weight excluding hydrogens is 463 g/mol. The van der Waals surface area contributed by atoms with Crippen molar-refractivity contribution in [1.82, 2.24) is 0 Å². The van der Waals surface area contributed by atoms with E-state index >= 15 is 0 Å². The SMILES string of the molecule is C=[P+](C)c1c(CCC)c2c(c(CCC)c1-c1ccccc1)-c1ccc(-c3ccccc3)c3cccc-2c13. The molecule has 0 amide bonds. The minimum absolute atomic E-state index is 0.533. The highest BCUT2D eigenvalue weighted by molar-refractivity contribution is 7.63. The molecule has 0 saturated heterocycles. The first-order valence-electron chi connectivity index (χ1n) is 13.6. The first-order valence-corrected chi connectivity index (χ1v) is 15.6. The summed E-state index contributed by atoms with van der Waals surface area (Å²) in [5, 5.41) is 4.30. The molecule has 0 N–H and O–H groups in total. The third-order valence-corrected chi connectivity index (χ3v) is 9.04. The maximum atomic E-state index is 4.68. The van der Waals surface area contributed by atoms with Gasteiger partial charge in [0.25, 0.3) is 0 Å². The summed E-state index contributed by atoms with van der Waals surface area (Å²) in [4.78, 5) is 0. The topological polar surface area (TPSA) is 0 Å². The van der Waals surface area contributed by atoms with E-state index in [2.05, 4.69) is 118 Å². The monoisotopic (exact) mass is 497 g/mol. The van der Waals surface area contributed by atoms with Crippen LogP contribution in [-0.2, 0) is 12.8 Å². The molecule has 0 aromatic heterocycles. The Morgan fingerprint density at radius 3 is 1.78 bits per heavy atom. The average Bonchev–Trinajstić information content (AvgIpc) is 3.27. The first-order chi connectivity index (χ1) is 18.2. The first kappa shape index (κ1) is 23.9. The molecule has 1 heteroatoms. The van der Waals surface area contributed by atoms with Gasteiger partial charge >= 0.3 is 0 Å². The second-order valence-electron chi connectivity index (χ2n) is 10.2. The Balaban J connectivity index is 1.78. The Labute approximate surface area is 222 Å². The summed E-state index contributed by atoms with van der Waals surface area (Å²) in [5.41, 5.74) is 14.2. The molecule has 1 unspecified atom stereocenters. The molecule has 0 nitrogen and oxygen atoms in total. The van der Waals surface area contributed by atoms with Gasteiger partial charge in [-0.3, -0.25) is 0 Å². The number of hydrogen-bond acceptors (Lipinski definition) is 0. The quantitative estimate of drug-likeness (QED) is 0.193. The van der Waals surface area contributed by atoms with E-state index in [1.807, 2.05) is 0 Å². The molecule has 0 heterocycles. The van der Waals surface area contributed by atoms with Crippen LogP contribution in [0.5, 0.6) is 0 Å². The zero-order valence-corrected chi connectivity index (χ0v) is 23.0. The van der Waals surface area contributed by atoms with Gasteiger partial charge in [-0.15, -0.1) is 0 Å². The van der Waals surface area contributed by atoms with E-state index in [1.54, 1.807) is 0 Å². The van der Waals surface area contributed by atoms with Crippen LogP contribution in [0.15, 0.2) is 91.0 Å². The van der Waals surface area contributed by atoms with Crippen LogP contribution < -0.4 is 5.30 Å². The maximum absolute atomic E-state index is 4.68. The highest BCUT2D eigenvalue weighted by Gasteiger charge is 2.34. The van der Waals surface area contributed by atoms with Crippen molar-refractivity contribution in [2.24, 2.45) is 0 Å². The lowest BCUT2D eigenvalue weighted by Crippen LogP contribution is -2.15. The summed E-state index contributed by atoms with van der Waals surface area (Å²) < 4.78 is 0. The van der Waals surface area contributed by atoms with Crippen LogP contribution in [-0.4, -0.2) is 13.0 Å². The van der Waals surface area contributed by atoms with E-state index in [1.165, 1.54) is 71.7 Å². The lowest BCUT2D eigenvalue weighted by Gasteiger charge is -2.21. The molecule has 37 heavy (non-hydrogen) atoms. The van der Waals surface area contributed by atoms with E-state index in [-0.39, 0.29) is 0 Å². The third-order valence-electron chi connectivity index (χ3n) is 7.79. The van der Waals surface area contributed by atoms with Crippen molar-refractivity contribution in [3.8, 4) is 44.5 Å². The highest BCUT2D eigenvalue weighted by atomic mass is 31.1. The Morgan fingerprint density at radius 1 is 0.568 bits per heavy atom. The van der Waals surface area contributed by atoms with Crippen molar-refractivity contribution in [3.63, 3.8) is 0 Å². The standard InChI is InChI=1S/C36H34P/c1-5-14-28-32(25-18-11-8-12-19-25)36(37(3)4)31(15-6-2)35-29-21-13-20-27-26(24-16-9-7-10-17-24)22-23-30(33(27)29)34(28)35/h7-13,16-23H,3,5-6,14-15H2,1-2,4H3/q+1. The number of benzene rings is 5. The summed E-state index contributed by atoms with van der Waals surface area (Å²) in [6.07, 6.45) is 9.10. The Morgan fingerprint density at radius 2 is 1.14 bits per heavy atom. The largest absolute Gasteiger partial charge is 0.159 e. The molecule has 0 bridgehead atoms. The van der Waals surface area contributed by atoms with Crippen LogP contribution in [0, 0.1) is 0 Å². The molecule has 0 fully saturated rings. The van der Waals surface area contributed by atoms with Crippen molar-refractivity contribution in [2.45, 2.75) is 39.5 Å². The van der Waals surface area contributed by atoms with Gasteiger partial charge in [-0.05, 0) is 68.1 Å². The summed E-state index contributed by atoms with van der Waals surface area (Å²) in [6.45, 7) is 6.97. The van der Waals surface area contributed by atoms with Crippen LogP contribution in [0.1, 0.15) is 37.8 Å². The minimum Gasteiger partial charge on any atom is -0.0651 e. The van der Waals surface area contributed by atoms with E-state index in [9.17, 15) is 0 Å². The van der Waals surface area contributed by atoms with Crippen LogP contribution >= 0.6 is 7.55 Å². The van der Waals surface area contributed by atoms with Gasteiger partial charge in [0.1, 0.15) is 14.2 Å². The molecule has 6 rings (SSSR count). The van der Waals surface area contributed by atoms with Crippen molar-refractivity contribution in [3.05, 3.63) is 102 Å². The Kier molecular flexibility index (Phi) is 6.31. The fourth-order valence-electron chi connectivity index (χ4n) is 6.46. The maximum Gasteiger partial charge on any atom is 0.159 e. The minimum atomic E-state index is -0.533. The molecule has 0 aliphatic heterocycles. The van der Waals surface area contributed by atoms with E-state index in [0.29, 0.717) is 0 Å². The van der Waals surface area contributed by atoms with E-state index < -0.39 is 7.55 Å². The third kappa shape index (κ3) is 3.78. The molecule has 0 saturated carbocycles. The molecule has 0 radical (unpaired) electrons. The summed E-state index contributed by atoms with van der Waals surface area (Å²) >= 11 is 0. The molecule has 5 aromatic rings. The highest BCUT2D eigenvalue weighted by Crippen LogP contribution is 2.54. The van der Waals surface area contributed by atoms with Gasteiger partial charge < -0.3 is 0 Å². The summed E-state index contributed by atoms with van der Waals surface area (Å²) in [6, 6.07) is 33.7. The van der Waals surface area contributed by atoms with Crippen LogP contribution in [0.25, 0.3) is 55.3 Å². The smallest absolute Gasteiger partial charge is 0.0651 e. The molecule has 1 aliphatic carbocycles. The van der Waals surface area contributed by atoms with Crippen molar-refractivity contribution in [1.29, 1.82) is 0 Å². The van der Waals surface area contributed by atoms with E-state index in [0.717, 1.165) is 25.7 Å². The molecule has 1 atom stereocenters. The van der Waals surface area contributed by atoms with Gasteiger partial charge in [0, 0.05) is 11.1 Å². The zero-order chi connectivity index (χ0) is 25.5. The van der Waals surface area contributed by atoms with Gasteiger partial charge in [0.15, 0.2) is 5.30 Å². The summed E-state index contributed by atoms with van der Waals surface area (Å²) in [5.74, 6) is 0. The lowest BCUT2D eigenvalue weighted by atomic mass is 9.84. The van der Waals surface area contributed by atoms with Gasteiger partial charge in [0.05, 0.1) is 6.30 Å². The number of hydrogen-bond donors (Lipinski definition) is 0. The fourth-order valence-corrected chi connectivity index (χ4v) is 7.79. The predicted octanol–water partition coefficient (Wildman–Crippen LogP) is 9.90. The molecular formula is C36H34P+. The van der Waals surface area contributed by atoms with Gasteiger partial charge in [-0.2, -0.15) is 0 Å². The van der Waals surface area contributed by atoms with Gasteiger partial charge in [-0.1, -0.05) is 118 Å². The normalized spacial score (nSPS) is 12.1. The lowest BCUT2D eigenvalue weighted by molar-refractivity contribution is 0.915. The Bertz CT molecular complexity index is 1640. The van der Waals surface area contributed by atoms with Crippen LogP contribution in [0.3, 0.4) is 0 Å². The van der Waals surface area contributed by atoms with E-state index in [4.69, 9.17) is 0 Å². The Hall–Kier alpha value is -3.47. The molecule has 1 aliphatic rings. The second-order valence-corrected chi connectivity index (χ2v) is 12.1. The predicted molar refractivity (Wildman–Crippen MR) is 167 cm³/mol. The van der Waals surface area contributed by atoms with Crippen LogP contribution in [0.2, 0.25) is 0 Å². The van der Waals surface area contributed by atoms with Crippen molar-refractivity contribution >= 4 is 29.9 Å². The van der Waals surface area contributed by atoms with Gasteiger partial charge in [0.2, 0.25) is 0 Å². The van der Waals surface area contributed by atoms with Crippen molar-refractivity contribution < 1.29 is 0 Å². The second kappa shape index (κ2) is 9.77. The molecule has 182 valence electrons. The number of fused-ring (bicyclic) bond motifs is 3.